The van der Waals surface area contributed by atoms with Gasteiger partial charge in [0.25, 0.3) is 0 Å². The third kappa shape index (κ3) is 2.67. The molecule has 0 atom stereocenters. The summed E-state index contributed by atoms with van der Waals surface area (Å²) >= 11 is 0. The molecule has 1 nitrogen and oxygen atoms in total. The number of allylic oxidation sites excluding steroid dienone is 2. The number of para-hydroxylation sites is 2. The molecule has 1 aliphatic rings. The molecule has 0 aliphatic heterocycles. The van der Waals surface area contributed by atoms with Crippen LogP contribution in [0, 0.1) is 0 Å². The third-order valence-electron chi connectivity index (χ3n) is 8.02. The fraction of sp³-hybridized carbons (Fsp3) is 0.212. The summed E-state index contributed by atoms with van der Waals surface area (Å²) < 4.78 is 2.48. The number of nitrogens with zero attached hydrogens (tertiary/aromatic N) is 1. The molecule has 0 saturated carbocycles. The molecule has 34 heavy (non-hydrogen) atoms. The van der Waals surface area contributed by atoms with Gasteiger partial charge in [0, 0.05) is 27.3 Å². The fourth-order valence-electron chi connectivity index (χ4n) is 6.36. The normalized spacial score (nSPS) is 15.0. The molecule has 1 heterocycles. The first-order valence-corrected chi connectivity index (χ1v) is 12.3. The van der Waals surface area contributed by atoms with Crippen molar-refractivity contribution in [3.63, 3.8) is 0 Å². The quantitative estimate of drug-likeness (QED) is 0.263. The molecular weight excluding hydrogens is 410 g/mol. The van der Waals surface area contributed by atoms with Crippen LogP contribution in [-0.2, 0) is 10.8 Å². The van der Waals surface area contributed by atoms with Crippen molar-refractivity contribution in [3.8, 4) is 11.1 Å². The van der Waals surface area contributed by atoms with Gasteiger partial charge in [-0.3, -0.25) is 0 Å². The smallest absolute Gasteiger partial charge is 0.0538 e. The molecule has 5 aromatic rings. The van der Waals surface area contributed by atoms with Crippen LogP contribution in [0.5, 0.6) is 0 Å². The molecule has 0 radical (unpaired) electrons. The van der Waals surface area contributed by atoms with Crippen molar-refractivity contribution < 1.29 is 0 Å². The molecule has 0 spiro atoms. The Labute approximate surface area is 202 Å². The lowest BCUT2D eigenvalue weighted by molar-refractivity contribution is 0.647. The van der Waals surface area contributed by atoms with E-state index in [-0.39, 0.29) is 10.8 Å². The largest absolute Gasteiger partial charge is 0.312 e. The van der Waals surface area contributed by atoms with Gasteiger partial charge < -0.3 is 4.57 Å². The van der Waals surface area contributed by atoms with Gasteiger partial charge in [-0.05, 0) is 46.9 Å². The summed E-state index contributed by atoms with van der Waals surface area (Å²) in [6, 6.07) is 33.4. The Morgan fingerprint density at radius 1 is 0.706 bits per heavy atom. The van der Waals surface area contributed by atoms with Crippen molar-refractivity contribution in [1.82, 2.24) is 4.57 Å². The van der Waals surface area contributed by atoms with Crippen LogP contribution in [0.1, 0.15) is 51.3 Å². The summed E-state index contributed by atoms with van der Waals surface area (Å²) in [5.41, 5.74) is 10.6. The van der Waals surface area contributed by atoms with E-state index in [4.69, 9.17) is 0 Å². The van der Waals surface area contributed by atoms with E-state index in [9.17, 15) is 0 Å². The van der Waals surface area contributed by atoms with Gasteiger partial charge in [-0.15, -0.1) is 0 Å². The Bertz CT molecular complexity index is 1550. The van der Waals surface area contributed by atoms with Crippen LogP contribution in [-0.4, -0.2) is 4.57 Å². The van der Waals surface area contributed by atoms with E-state index in [2.05, 4.69) is 136 Å². The lowest BCUT2D eigenvalue weighted by Gasteiger charge is -2.33. The topological polar surface area (TPSA) is 4.93 Å². The maximum atomic E-state index is 2.48. The van der Waals surface area contributed by atoms with Crippen LogP contribution in [0.25, 0.3) is 38.6 Å². The molecule has 0 fully saturated rings. The van der Waals surface area contributed by atoms with Crippen molar-refractivity contribution in [1.29, 1.82) is 0 Å². The SMILES string of the molecule is C/C=C(/n1c2ccccc2c2ccccc21)C(C)(C)c1cccc2c1-c1ccccc1C2(C)C. The summed E-state index contributed by atoms with van der Waals surface area (Å²) in [5.74, 6) is 0. The maximum Gasteiger partial charge on any atom is 0.0538 e. The molecule has 1 heteroatoms. The van der Waals surface area contributed by atoms with E-state index in [1.54, 1.807) is 0 Å². The minimum Gasteiger partial charge on any atom is -0.312 e. The van der Waals surface area contributed by atoms with E-state index in [1.165, 1.54) is 55.3 Å². The lowest BCUT2D eigenvalue weighted by atomic mass is 9.75. The molecule has 0 amide bonds. The van der Waals surface area contributed by atoms with Crippen LogP contribution in [0.15, 0.2) is 97.1 Å². The zero-order valence-electron chi connectivity index (χ0n) is 20.7. The first-order valence-electron chi connectivity index (χ1n) is 12.3. The van der Waals surface area contributed by atoms with Crippen LogP contribution in [0.4, 0.5) is 0 Å². The highest BCUT2D eigenvalue weighted by molar-refractivity contribution is 6.10. The van der Waals surface area contributed by atoms with Gasteiger partial charge in [0.05, 0.1) is 11.0 Å². The molecule has 0 unspecified atom stereocenters. The third-order valence-corrected chi connectivity index (χ3v) is 8.02. The van der Waals surface area contributed by atoms with Crippen LogP contribution >= 0.6 is 0 Å². The Kier molecular flexibility index (Phi) is 4.45. The number of benzene rings is 4. The van der Waals surface area contributed by atoms with E-state index < -0.39 is 0 Å². The molecular formula is C33H31N. The van der Waals surface area contributed by atoms with Gasteiger partial charge in [0.1, 0.15) is 0 Å². The van der Waals surface area contributed by atoms with E-state index in [0.717, 1.165) is 0 Å². The second kappa shape index (κ2) is 7.21. The standard InChI is InChI=1S/C33H31N/c1-6-30(34-28-20-11-8-14-22(28)23-15-9-12-21-29(23)34)33(4,5)27-19-13-18-26-31(27)24-16-7-10-17-25(24)32(26,2)3/h6-21H,1-5H3/b30-6+. The highest BCUT2D eigenvalue weighted by atomic mass is 15.0. The van der Waals surface area contributed by atoms with Crippen molar-refractivity contribution in [2.45, 2.75) is 45.4 Å². The monoisotopic (exact) mass is 441 g/mol. The van der Waals surface area contributed by atoms with Crippen molar-refractivity contribution in [2.24, 2.45) is 0 Å². The van der Waals surface area contributed by atoms with Gasteiger partial charge in [0.15, 0.2) is 0 Å². The second-order valence-electron chi connectivity index (χ2n) is 10.6. The Balaban J connectivity index is 1.65. The van der Waals surface area contributed by atoms with Gasteiger partial charge in [-0.25, -0.2) is 0 Å². The lowest BCUT2D eigenvalue weighted by Crippen LogP contribution is -2.24. The van der Waals surface area contributed by atoms with E-state index >= 15 is 0 Å². The van der Waals surface area contributed by atoms with Crippen LogP contribution < -0.4 is 0 Å². The zero-order valence-corrected chi connectivity index (χ0v) is 20.7. The molecule has 0 saturated heterocycles. The Morgan fingerprint density at radius 2 is 1.26 bits per heavy atom. The summed E-state index contributed by atoms with van der Waals surface area (Å²) in [6.45, 7) is 11.7. The first-order chi connectivity index (χ1) is 16.4. The van der Waals surface area contributed by atoms with Crippen molar-refractivity contribution in [3.05, 3.63) is 114 Å². The number of hydrogen-bond donors (Lipinski definition) is 0. The van der Waals surface area contributed by atoms with Gasteiger partial charge in [-0.1, -0.05) is 113 Å². The molecule has 0 N–H and O–H groups in total. The molecule has 4 aromatic carbocycles. The Morgan fingerprint density at radius 3 is 1.91 bits per heavy atom. The van der Waals surface area contributed by atoms with E-state index in [1.807, 2.05) is 0 Å². The predicted octanol–water partition coefficient (Wildman–Crippen LogP) is 8.94. The highest BCUT2D eigenvalue weighted by Crippen LogP contribution is 2.53. The number of fused-ring (bicyclic) bond motifs is 6. The minimum atomic E-state index is -0.210. The van der Waals surface area contributed by atoms with Gasteiger partial charge in [-0.2, -0.15) is 0 Å². The average Bonchev–Trinajstić information content (AvgIpc) is 3.30. The average molecular weight is 442 g/mol. The van der Waals surface area contributed by atoms with Crippen molar-refractivity contribution >= 4 is 27.5 Å². The molecule has 168 valence electrons. The first kappa shape index (κ1) is 21.0. The number of rotatable bonds is 3. The van der Waals surface area contributed by atoms with Crippen LogP contribution in [0.2, 0.25) is 0 Å². The van der Waals surface area contributed by atoms with Gasteiger partial charge in [0.2, 0.25) is 0 Å². The second-order valence-corrected chi connectivity index (χ2v) is 10.6. The Hall–Kier alpha value is -3.58. The molecule has 1 aromatic heterocycles. The predicted molar refractivity (Wildman–Crippen MR) is 146 cm³/mol. The zero-order chi connectivity index (χ0) is 23.7. The molecule has 0 bridgehead atoms. The number of aromatic nitrogens is 1. The fourth-order valence-corrected chi connectivity index (χ4v) is 6.36. The maximum absolute atomic E-state index is 2.48. The van der Waals surface area contributed by atoms with Gasteiger partial charge >= 0.3 is 0 Å². The molecule has 1 aliphatic carbocycles. The van der Waals surface area contributed by atoms with Crippen molar-refractivity contribution in [2.75, 3.05) is 0 Å². The molecule has 6 rings (SSSR count). The van der Waals surface area contributed by atoms with E-state index in [0.29, 0.717) is 0 Å². The minimum absolute atomic E-state index is 0.000945. The summed E-state index contributed by atoms with van der Waals surface area (Å²) in [5, 5.41) is 2.61. The summed E-state index contributed by atoms with van der Waals surface area (Å²) in [7, 11) is 0. The van der Waals surface area contributed by atoms with Crippen LogP contribution in [0.3, 0.4) is 0 Å². The summed E-state index contributed by atoms with van der Waals surface area (Å²) in [6.07, 6.45) is 2.31. The summed E-state index contributed by atoms with van der Waals surface area (Å²) in [4.78, 5) is 0. The number of hydrogen-bond acceptors (Lipinski definition) is 0. The highest BCUT2D eigenvalue weighted by Gasteiger charge is 2.40.